The highest BCUT2D eigenvalue weighted by molar-refractivity contribution is 5.79. The summed E-state index contributed by atoms with van der Waals surface area (Å²) in [5.41, 5.74) is -0.0368. The number of carbonyl (C=O) groups is 2. The number of aliphatic carboxylic acids is 1. The van der Waals surface area contributed by atoms with E-state index in [-0.39, 0.29) is 30.1 Å². The number of likely N-dealkylation sites (tertiary alicyclic amines) is 1. The first kappa shape index (κ1) is 25.8. The largest absolute Gasteiger partial charge is 0.481 e. The van der Waals surface area contributed by atoms with Crippen LogP contribution in [0.1, 0.15) is 50.5 Å². The third-order valence-electron chi connectivity index (χ3n) is 8.07. The van der Waals surface area contributed by atoms with Crippen molar-refractivity contribution >= 4 is 17.6 Å². The Hall–Kier alpha value is -2.29. The van der Waals surface area contributed by atoms with Crippen molar-refractivity contribution in [3.8, 4) is 0 Å². The minimum atomic E-state index is -4.35. The van der Waals surface area contributed by atoms with E-state index in [1.54, 1.807) is 6.07 Å². The van der Waals surface area contributed by atoms with E-state index in [9.17, 15) is 27.9 Å². The second kappa shape index (κ2) is 11.2. The molecule has 2 aliphatic heterocycles. The summed E-state index contributed by atoms with van der Waals surface area (Å²) >= 11 is 0. The van der Waals surface area contributed by atoms with Crippen molar-refractivity contribution in [2.24, 2.45) is 17.8 Å². The Morgan fingerprint density at radius 1 is 0.971 bits per heavy atom. The Balaban J connectivity index is 1.30. The molecule has 0 bridgehead atoms. The van der Waals surface area contributed by atoms with Crippen molar-refractivity contribution in [1.29, 1.82) is 0 Å². The number of hydrogen-bond acceptors (Lipinski definition) is 4. The lowest BCUT2D eigenvalue weighted by molar-refractivity contribution is -0.141. The molecule has 1 aromatic carbocycles. The van der Waals surface area contributed by atoms with Crippen LogP contribution in [0.5, 0.6) is 0 Å². The average Bonchev–Trinajstić information content (AvgIpc) is 3.38. The summed E-state index contributed by atoms with van der Waals surface area (Å²) in [4.78, 5) is 30.7. The molecular weight excluding hydrogens is 459 g/mol. The van der Waals surface area contributed by atoms with Gasteiger partial charge in [0.25, 0.3) is 0 Å². The molecule has 1 aliphatic carbocycles. The van der Waals surface area contributed by atoms with E-state index >= 15 is 0 Å². The minimum Gasteiger partial charge on any atom is -0.481 e. The molecular formula is C26H36F3N3O3. The average molecular weight is 496 g/mol. The topological polar surface area (TPSA) is 64.1 Å². The summed E-state index contributed by atoms with van der Waals surface area (Å²) in [5.74, 6) is -0.171. The lowest BCUT2D eigenvalue weighted by Gasteiger charge is -2.41. The van der Waals surface area contributed by atoms with Crippen LogP contribution >= 0.6 is 0 Å². The monoisotopic (exact) mass is 495 g/mol. The maximum atomic E-state index is 13.1. The number of hydrogen-bond donors (Lipinski definition) is 1. The molecule has 2 unspecified atom stereocenters. The highest BCUT2D eigenvalue weighted by Crippen LogP contribution is 2.34. The minimum absolute atomic E-state index is 0.0755. The maximum absolute atomic E-state index is 13.1. The van der Waals surface area contributed by atoms with Crippen LogP contribution in [-0.4, -0.2) is 72.6 Å². The van der Waals surface area contributed by atoms with Gasteiger partial charge in [-0.15, -0.1) is 0 Å². The van der Waals surface area contributed by atoms with Gasteiger partial charge in [-0.3, -0.25) is 14.5 Å². The number of carboxylic acids is 1. The van der Waals surface area contributed by atoms with Crippen LogP contribution in [0.25, 0.3) is 0 Å². The zero-order chi connectivity index (χ0) is 25.0. The second-order valence-corrected chi connectivity index (χ2v) is 10.3. The van der Waals surface area contributed by atoms with Crippen molar-refractivity contribution in [1.82, 2.24) is 9.80 Å². The molecule has 0 aromatic heterocycles. The number of piperazine rings is 1. The molecule has 3 fully saturated rings. The lowest BCUT2D eigenvalue weighted by atomic mass is 9.80. The number of piperidine rings is 1. The predicted molar refractivity (Wildman–Crippen MR) is 127 cm³/mol. The highest BCUT2D eigenvalue weighted by atomic mass is 19.4. The van der Waals surface area contributed by atoms with E-state index in [1.807, 2.05) is 9.80 Å². The zero-order valence-corrected chi connectivity index (χ0v) is 20.2. The molecule has 0 radical (unpaired) electrons. The summed E-state index contributed by atoms with van der Waals surface area (Å²) in [6.45, 7) is 4.89. The summed E-state index contributed by atoms with van der Waals surface area (Å²) < 4.78 is 39.2. The molecule has 35 heavy (non-hydrogen) atoms. The van der Waals surface area contributed by atoms with Gasteiger partial charge in [-0.1, -0.05) is 18.9 Å². The van der Waals surface area contributed by atoms with Crippen LogP contribution in [0.2, 0.25) is 0 Å². The third kappa shape index (κ3) is 6.68. The van der Waals surface area contributed by atoms with Gasteiger partial charge >= 0.3 is 12.1 Å². The molecule has 2 heterocycles. The highest BCUT2D eigenvalue weighted by Gasteiger charge is 2.36. The summed E-state index contributed by atoms with van der Waals surface area (Å²) in [6.07, 6.45) is 1.51. The second-order valence-electron chi connectivity index (χ2n) is 10.3. The molecule has 9 heteroatoms. The van der Waals surface area contributed by atoms with Gasteiger partial charge in [0, 0.05) is 57.3 Å². The molecule has 1 N–H and O–H groups in total. The van der Waals surface area contributed by atoms with Crippen molar-refractivity contribution in [3.63, 3.8) is 0 Å². The van der Waals surface area contributed by atoms with Crippen molar-refractivity contribution in [3.05, 3.63) is 29.8 Å². The standard InChI is InChI=1S/C26H36F3N3O3/c27-26(28,29)22-6-3-7-23(17-22)31-14-12-30(13-15-31)10-8-21-18-32(11-9-20(21)16-24(33)34)25(35)19-4-1-2-5-19/h3,6-7,17,19-21H,1-2,4-5,8-16,18H2,(H,33,34). The summed E-state index contributed by atoms with van der Waals surface area (Å²) in [7, 11) is 0. The van der Waals surface area contributed by atoms with Crippen LogP contribution in [0.3, 0.4) is 0 Å². The number of carbonyl (C=O) groups excluding carboxylic acids is 1. The number of nitrogens with zero attached hydrogens (tertiary/aromatic N) is 3. The lowest BCUT2D eigenvalue weighted by Crippen LogP contribution is -2.49. The third-order valence-corrected chi connectivity index (χ3v) is 8.07. The first-order valence-electron chi connectivity index (χ1n) is 12.9. The Morgan fingerprint density at radius 2 is 1.69 bits per heavy atom. The van der Waals surface area contributed by atoms with Crippen LogP contribution < -0.4 is 4.90 Å². The van der Waals surface area contributed by atoms with Gasteiger partial charge in [-0.05, 0) is 62.3 Å². The van der Waals surface area contributed by atoms with Gasteiger partial charge in [0.2, 0.25) is 5.91 Å². The number of amides is 1. The first-order valence-corrected chi connectivity index (χ1v) is 12.9. The Labute approximate surface area is 205 Å². The molecule has 4 rings (SSSR count). The molecule has 1 saturated carbocycles. The molecule has 1 aromatic rings. The van der Waals surface area contributed by atoms with Gasteiger partial charge in [-0.2, -0.15) is 13.2 Å². The fraction of sp³-hybridized carbons (Fsp3) is 0.692. The summed E-state index contributed by atoms with van der Waals surface area (Å²) in [6, 6.07) is 5.48. The Bertz CT molecular complexity index is 880. The van der Waals surface area contributed by atoms with E-state index in [0.29, 0.717) is 31.9 Å². The zero-order valence-electron chi connectivity index (χ0n) is 20.2. The van der Waals surface area contributed by atoms with Crippen LogP contribution in [0.15, 0.2) is 24.3 Å². The summed E-state index contributed by atoms with van der Waals surface area (Å²) in [5, 5.41) is 9.39. The van der Waals surface area contributed by atoms with Gasteiger partial charge in [-0.25, -0.2) is 0 Å². The van der Waals surface area contributed by atoms with E-state index in [0.717, 1.165) is 64.2 Å². The van der Waals surface area contributed by atoms with Crippen LogP contribution in [0.4, 0.5) is 18.9 Å². The fourth-order valence-electron chi connectivity index (χ4n) is 5.99. The molecule has 6 nitrogen and oxygen atoms in total. The van der Waals surface area contributed by atoms with Gasteiger partial charge in [0.15, 0.2) is 0 Å². The molecule has 1 amide bonds. The Morgan fingerprint density at radius 3 is 2.34 bits per heavy atom. The molecule has 0 spiro atoms. The van der Waals surface area contributed by atoms with Crippen molar-refractivity contribution < 1.29 is 27.9 Å². The van der Waals surface area contributed by atoms with Crippen molar-refractivity contribution in [2.45, 2.75) is 51.1 Å². The van der Waals surface area contributed by atoms with Gasteiger partial charge < -0.3 is 14.9 Å². The normalized spacial score (nSPS) is 24.7. The molecule has 2 saturated heterocycles. The molecule has 3 aliphatic rings. The quantitative estimate of drug-likeness (QED) is 0.610. The van der Waals surface area contributed by atoms with Crippen molar-refractivity contribution in [2.75, 3.05) is 50.7 Å². The first-order chi connectivity index (χ1) is 16.7. The SMILES string of the molecule is O=C(O)CC1CCN(C(=O)C2CCCC2)CC1CCN1CCN(c2cccc(C(F)(F)F)c2)CC1. The number of halogens is 3. The molecule has 194 valence electrons. The Kier molecular flexibility index (Phi) is 8.24. The van der Waals surface area contributed by atoms with Crippen LogP contribution in [0, 0.1) is 17.8 Å². The number of carboxylic acid groups (broad SMARTS) is 1. The maximum Gasteiger partial charge on any atom is 0.416 e. The van der Waals surface area contributed by atoms with Gasteiger partial charge in [0.1, 0.15) is 0 Å². The number of anilines is 1. The van der Waals surface area contributed by atoms with E-state index < -0.39 is 17.7 Å². The fourth-order valence-corrected chi connectivity index (χ4v) is 5.99. The van der Waals surface area contributed by atoms with Gasteiger partial charge in [0.05, 0.1) is 5.56 Å². The van der Waals surface area contributed by atoms with Crippen LogP contribution in [-0.2, 0) is 15.8 Å². The number of rotatable bonds is 7. The van der Waals surface area contributed by atoms with E-state index in [4.69, 9.17) is 0 Å². The number of benzene rings is 1. The van der Waals surface area contributed by atoms with E-state index in [2.05, 4.69) is 4.90 Å². The predicted octanol–water partition coefficient (Wildman–Crippen LogP) is 4.35. The van der Waals surface area contributed by atoms with E-state index in [1.165, 1.54) is 12.1 Å². The number of alkyl halides is 3. The smallest absolute Gasteiger partial charge is 0.416 e. The molecule has 2 atom stereocenters.